The zero-order valence-corrected chi connectivity index (χ0v) is 10.5. The Hall–Kier alpha value is -1.55. The number of anilines is 1. The first-order valence-corrected chi connectivity index (χ1v) is 5.84. The summed E-state index contributed by atoms with van der Waals surface area (Å²) in [5.74, 6) is -0.0617. The number of para-hydroxylation sites is 1. The molecule has 1 rings (SSSR count). The number of hydrogen-bond donors (Lipinski definition) is 1. The molecule has 1 aromatic rings. The predicted molar refractivity (Wildman–Crippen MR) is 69.2 cm³/mol. The van der Waals surface area contributed by atoms with Crippen LogP contribution >= 0.6 is 0 Å². The van der Waals surface area contributed by atoms with Crippen LogP contribution in [0.5, 0.6) is 0 Å². The van der Waals surface area contributed by atoms with Crippen molar-refractivity contribution in [2.24, 2.45) is 0 Å². The van der Waals surface area contributed by atoms with E-state index in [-0.39, 0.29) is 12.5 Å². The third-order valence-electron chi connectivity index (χ3n) is 2.40. The fourth-order valence-corrected chi connectivity index (χ4v) is 1.42. The van der Waals surface area contributed by atoms with Crippen molar-refractivity contribution in [2.75, 3.05) is 38.3 Å². The van der Waals surface area contributed by atoms with E-state index in [0.29, 0.717) is 13.2 Å². The van der Waals surface area contributed by atoms with Crippen molar-refractivity contribution >= 4 is 11.6 Å². The van der Waals surface area contributed by atoms with Gasteiger partial charge in [0.25, 0.3) is 0 Å². The monoisotopic (exact) mass is 236 g/mol. The lowest BCUT2D eigenvalue weighted by Crippen LogP contribution is -2.34. The van der Waals surface area contributed by atoms with Crippen LogP contribution in [-0.4, -0.2) is 39.3 Å². The van der Waals surface area contributed by atoms with E-state index >= 15 is 0 Å². The van der Waals surface area contributed by atoms with Crippen LogP contribution in [-0.2, 0) is 9.53 Å². The second kappa shape index (κ2) is 7.68. The molecule has 0 aromatic heterocycles. The molecule has 17 heavy (non-hydrogen) atoms. The Labute approximate surface area is 103 Å². The lowest BCUT2D eigenvalue weighted by Gasteiger charge is -2.19. The molecule has 1 amide bonds. The largest absolute Gasteiger partial charge is 0.373 e. The molecule has 1 N–H and O–H groups in total. The van der Waals surface area contributed by atoms with Gasteiger partial charge >= 0.3 is 0 Å². The highest BCUT2D eigenvalue weighted by Crippen LogP contribution is 2.09. The van der Waals surface area contributed by atoms with Crippen molar-refractivity contribution < 1.29 is 9.53 Å². The van der Waals surface area contributed by atoms with E-state index in [4.69, 9.17) is 4.74 Å². The molecule has 0 saturated carbocycles. The molecule has 0 radical (unpaired) electrons. The SMILES string of the molecule is CCOCC(=O)NCCN(C)c1ccccc1. The van der Waals surface area contributed by atoms with Gasteiger partial charge in [-0.15, -0.1) is 0 Å². The maximum absolute atomic E-state index is 11.3. The summed E-state index contributed by atoms with van der Waals surface area (Å²) in [5, 5.41) is 2.81. The Morgan fingerprint density at radius 3 is 2.71 bits per heavy atom. The van der Waals surface area contributed by atoms with Crippen LogP contribution in [0.15, 0.2) is 30.3 Å². The summed E-state index contributed by atoms with van der Waals surface area (Å²) in [5.41, 5.74) is 1.14. The average molecular weight is 236 g/mol. The number of nitrogens with zero attached hydrogens (tertiary/aromatic N) is 1. The molecule has 0 aliphatic rings. The van der Waals surface area contributed by atoms with E-state index in [1.807, 2.05) is 44.3 Å². The minimum atomic E-state index is -0.0617. The standard InChI is InChI=1S/C13H20N2O2/c1-3-17-11-13(16)14-9-10-15(2)12-7-5-4-6-8-12/h4-8H,3,9-11H2,1-2H3,(H,14,16). The van der Waals surface area contributed by atoms with Gasteiger partial charge in [-0.3, -0.25) is 4.79 Å². The Morgan fingerprint density at radius 2 is 2.06 bits per heavy atom. The quantitative estimate of drug-likeness (QED) is 0.775. The number of ether oxygens (including phenoxy) is 1. The second-order valence-electron chi connectivity index (χ2n) is 3.74. The van der Waals surface area contributed by atoms with Gasteiger partial charge < -0.3 is 15.0 Å². The number of rotatable bonds is 7. The molecule has 0 bridgehead atoms. The van der Waals surface area contributed by atoms with Crippen molar-refractivity contribution in [3.8, 4) is 0 Å². The maximum atomic E-state index is 11.3. The van der Waals surface area contributed by atoms with Gasteiger partial charge in [-0.2, -0.15) is 0 Å². The smallest absolute Gasteiger partial charge is 0.246 e. The summed E-state index contributed by atoms with van der Waals surface area (Å²) < 4.78 is 5.01. The zero-order chi connectivity index (χ0) is 12.5. The van der Waals surface area contributed by atoms with Crippen LogP contribution in [0.2, 0.25) is 0 Å². The van der Waals surface area contributed by atoms with Crippen LogP contribution in [0.3, 0.4) is 0 Å². The molecule has 94 valence electrons. The maximum Gasteiger partial charge on any atom is 0.246 e. The van der Waals surface area contributed by atoms with Gasteiger partial charge in [-0.1, -0.05) is 18.2 Å². The summed E-state index contributed by atoms with van der Waals surface area (Å²) in [6, 6.07) is 10.1. The second-order valence-corrected chi connectivity index (χ2v) is 3.74. The number of carbonyl (C=O) groups is 1. The van der Waals surface area contributed by atoms with Gasteiger partial charge in [-0.25, -0.2) is 0 Å². The van der Waals surface area contributed by atoms with E-state index in [9.17, 15) is 4.79 Å². The molecular weight excluding hydrogens is 216 g/mol. The fraction of sp³-hybridized carbons (Fsp3) is 0.462. The molecule has 0 aliphatic heterocycles. The Morgan fingerprint density at radius 1 is 1.35 bits per heavy atom. The van der Waals surface area contributed by atoms with E-state index in [0.717, 1.165) is 12.2 Å². The van der Waals surface area contributed by atoms with Gasteiger partial charge in [0, 0.05) is 32.4 Å². The number of nitrogens with one attached hydrogen (secondary N) is 1. The lowest BCUT2D eigenvalue weighted by molar-refractivity contribution is -0.125. The number of carbonyl (C=O) groups excluding carboxylic acids is 1. The number of hydrogen-bond acceptors (Lipinski definition) is 3. The highest BCUT2D eigenvalue weighted by Gasteiger charge is 2.02. The molecular formula is C13H20N2O2. The fourth-order valence-electron chi connectivity index (χ4n) is 1.42. The van der Waals surface area contributed by atoms with Gasteiger partial charge in [0.2, 0.25) is 5.91 Å². The first-order valence-electron chi connectivity index (χ1n) is 5.84. The first-order chi connectivity index (χ1) is 8.24. The van der Waals surface area contributed by atoms with Crippen LogP contribution in [0.25, 0.3) is 0 Å². The van der Waals surface area contributed by atoms with Gasteiger partial charge in [-0.05, 0) is 19.1 Å². The van der Waals surface area contributed by atoms with Gasteiger partial charge in [0.05, 0.1) is 0 Å². The molecule has 0 unspecified atom stereocenters. The third-order valence-corrected chi connectivity index (χ3v) is 2.40. The first kappa shape index (κ1) is 13.5. The summed E-state index contributed by atoms with van der Waals surface area (Å²) >= 11 is 0. The third kappa shape index (κ3) is 5.36. The van der Waals surface area contributed by atoms with Crippen molar-refractivity contribution in [3.05, 3.63) is 30.3 Å². The Balaban J connectivity index is 2.20. The molecule has 4 heteroatoms. The van der Waals surface area contributed by atoms with E-state index in [2.05, 4.69) is 10.2 Å². The average Bonchev–Trinajstić information content (AvgIpc) is 2.37. The topological polar surface area (TPSA) is 41.6 Å². The summed E-state index contributed by atoms with van der Waals surface area (Å²) in [6.45, 7) is 3.98. The molecule has 0 aliphatic carbocycles. The molecule has 4 nitrogen and oxygen atoms in total. The lowest BCUT2D eigenvalue weighted by atomic mass is 10.3. The number of likely N-dealkylation sites (N-methyl/N-ethyl adjacent to an activating group) is 1. The van der Waals surface area contributed by atoms with Crippen LogP contribution < -0.4 is 10.2 Å². The van der Waals surface area contributed by atoms with Crippen molar-refractivity contribution in [3.63, 3.8) is 0 Å². The number of benzene rings is 1. The summed E-state index contributed by atoms with van der Waals surface area (Å²) in [6.07, 6.45) is 0. The van der Waals surface area contributed by atoms with Crippen molar-refractivity contribution in [1.29, 1.82) is 0 Å². The highest BCUT2D eigenvalue weighted by atomic mass is 16.5. The van der Waals surface area contributed by atoms with Crippen LogP contribution in [0, 0.1) is 0 Å². The highest BCUT2D eigenvalue weighted by molar-refractivity contribution is 5.77. The molecule has 0 saturated heterocycles. The van der Waals surface area contributed by atoms with Crippen molar-refractivity contribution in [2.45, 2.75) is 6.92 Å². The zero-order valence-electron chi connectivity index (χ0n) is 10.5. The molecule has 0 spiro atoms. The Bertz CT molecular complexity index is 327. The van der Waals surface area contributed by atoms with E-state index in [1.165, 1.54) is 0 Å². The molecule has 0 atom stereocenters. The number of amides is 1. The summed E-state index contributed by atoms with van der Waals surface area (Å²) in [7, 11) is 2.00. The van der Waals surface area contributed by atoms with Crippen LogP contribution in [0.1, 0.15) is 6.92 Å². The molecule has 0 fully saturated rings. The van der Waals surface area contributed by atoms with Crippen LogP contribution in [0.4, 0.5) is 5.69 Å². The normalized spacial score (nSPS) is 10.0. The Kier molecular flexibility index (Phi) is 6.10. The van der Waals surface area contributed by atoms with Gasteiger partial charge in [0.15, 0.2) is 0 Å². The van der Waals surface area contributed by atoms with E-state index < -0.39 is 0 Å². The predicted octanol–water partition coefficient (Wildman–Crippen LogP) is 1.28. The van der Waals surface area contributed by atoms with Crippen molar-refractivity contribution in [1.82, 2.24) is 5.32 Å². The minimum absolute atomic E-state index is 0.0617. The van der Waals surface area contributed by atoms with E-state index in [1.54, 1.807) is 0 Å². The minimum Gasteiger partial charge on any atom is -0.373 e. The summed E-state index contributed by atoms with van der Waals surface area (Å²) in [4.78, 5) is 13.4. The van der Waals surface area contributed by atoms with Gasteiger partial charge in [0.1, 0.15) is 6.61 Å². The molecule has 1 aromatic carbocycles. The molecule has 0 heterocycles.